The molecule has 2 aromatic carbocycles. The Bertz CT molecular complexity index is 736. The molecule has 1 aliphatic rings. The third kappa shape index (κ3) is 5.99. The Kier molecular flexibility index (Phi) is 6.83. The Labute approximate surface area is 162 Å². The molecular formula is C21H23BrN2O2. The number of halogens is 1. The van der Waals surface area contributed by atoms with Gasteiger partial charge in [0.25, 0.3) is 5.91 Å². The van der Waals surface area contributed by atoms with Gasteiger partial charge in [0.05, 0.1) is 5.69 Å². The Balaban J connectivity index is 1.46. The fourth-order valence-electron chi connectivity index (χ4n) is 2.99. The van der Waals surface area contributed by atoms with Gasteiger partial charge in [-0.1, -0.05) is 35.2 Å². The van der Waals surface area contributed by atoms with Gasteiger partial charge in [0.1, 0.15) is 5.75 Å². The average Bonchev–Trinajstić information content (AvgIpc) is 2.67. The monoisotopic (exact) mass is 414 g/mol. The molecule has 0 bridgehead atoms. The molecule has 0 heterocycles. The first-order chi connectivity index (χ1) is 12.7. The first-order valence-electron chi connectivity index (χ1n) is 9.01. The normalized spacial score (nSPS) is 15.1. The highest BCUT2D eigenvalue weighted by Gasteiger charge is 2.15. The van der Waals surface area contributed by atoms with Crippen LogP contribution in [0.4, 0.5) is 5.69 Å². The van der Waals surface area contributed by atoms with Gasteiger partial charge in [-0.05, 0) is 66.9 Å². The average molecular weight is 415 g/mol. The minimum Gasteiger partial charge on any atom is -0.484 e. The lowest BCUT2D eigenvalue weighted by atomic mass is 9.95. The van der Waals surface area contributed by atoms with Gasteiger partial charge < -0.3 is 10.1 Å². The van der Waals surface area contributed by atoms with E-state index in [1.807, 2.05) is 54.7 Å². The van der Waals surface area contributed by atoms with Crippen LogP contribution in [0, 0.1) is 0 Å². The molecule has 26 heavy (non-hydrogen) atoms. The molecule has 1 saturated carbocycles. The molecule has 1 N–H and O–H groups in total. The number of amides is 1. The van der Waals surface area contributed by atoms with Crippen molar-refractivity contribution in [2.75, 3.05) is 6.61 Å². The summed E-state index contributed by atoms with van der Waals surface area (Å²) in [4.78, 5) is 16.4. The van der Waals surface area contributed by atoms with E-state index < -0.39 is 0 Å². The number of nitrogens with one attached hydrogen (secondary N) is 1. The highest BCUT2D eigenvalue weighted by atomic mass is 79.9. The van der Waals surface area contributed by atoms with E-state index in [4.69, 9.17) is 4.74 Å². The van der Waals surface area contributed by atoms with E-state index >= 15 is 0 Å². The van der Waals surface area contributed by atoms with Gasteiger partial charge in [-0.15, -0.1) is 0 Å². The molecule has 0 spiro atoms. The topological polar surface area (TPSA) is 50.7 Å². The van der Waals surface area contributed by atoms with Gasteiger partial charge in [-0.25, -0.2) is 0 Å². The zero-order valence-corrected chi connectivity index (χ0v) is 16.2. The summed E-state index contributed by atoms with van der Waals surface area (Å²) in [5, 5.41) is 3.05. The maximum atomic E-state index is 12.0. The molecule has 5 heteroatoms. The summed E-state index contributed by atoms with van der Waals surface area (Å²) in [6.07, 6.45) is 7.66. The molecular weight excluding hydrogens is 392 g/mol. The Morgan fingerprint density at radius 2 is 1.77 bits per heavy atom. The van der Waals surface area contributed by atoms with E-state index in [1.54, 1.807) is 0 Å². The van der Waals surface area contributed by atoms with Crippen molar-refractivity contribution in [3.05, 3.63) is 58.6 Å². The van der Waals surface area contributed by atoms with E-state index in [9.17, 15) is 4.79 Å². The minimum atomic E-state index is -0.0437. The lowest BCUT2D eigenvalue weighted by Gasteiger charge is -2.22. The Morgan fingerprint density at radius 1 is 1.08 bits per heavy atom. The largest absolute Gasteiger partial charge is 0.484 e. The van der Waals surface area contributed by atoms with Crippen LogP contribution in [0.2, 0.25) is 0 Å². The van der Waals surface area contributed by atoms with Crippen molar-refractivity contribution in [3.63, 3.8) is 0 Å². The second-order valence-corrected chi connectivity index (χ2v) is 7.41. The molecule has 1 fully saturated rings. The number of hydrogen-bond donors (Lipinski definition) is 1. The van der Waals surface area contributed by atoms with Crippen LogP contribution in [0.1, 0.15) is 37.7 Å². The number of nitrogens with zero attached hydrogens (tertiary/aromatic N) is 1. The number of hydrogen-bond acceptors (Lipinski definition) is 3. The van der Waals surface area contributed by atoms with E-state index in [-0.39, 0.29) is 12.5 Å². The van der Waals surface area contributed by atoms with Crippen molar-refractivity contribution in [3.8, 4) is 5.75 Å². The molecule has 0 saturated heterocycles. The molecule has 4 nitrogen and oxygen atoms in total. The molecule has 0 unspecified atom stereocenters. The third-order valence-electron chi connectivity index (χ3n) is 4.41. The molecule has 2 aromatic rings. The first kappa shape index (κ1) is 18.6. The second-order valence-electron chi connectivity index (χ2n) is 6.49. The molecule has 0 atom stereocenters. The summed E-state index contributed by atoms with van der Waals surface area (Å²) in [6, 6.07) is 15.7. The summed E-state index contributed by atoms with van der Waals surface area (Å²) < 4.78 is 6.61. The number of carbonyl (C=O) groups excluding carboxylic acids is 1. The summed E-state index contributed by atoms with van der Waals surface area (Å²) in [5.74, 6) is 0.641. The second kappa shape index (κ2) is 9.53. The molecule has 136 valence electrons. The van der Waals surface area contributed by atoms with E-state index in [2.05, 4.69) is 26.2 Å². The zero-order valence-electron chi connectivity index (χ0n) is 14.7. The van der Waals surface area contributed by atoms with Crippen molar-refractivity contribution in [2.45, 2.75) is 38.1 Å². The van der Waals surface area contributed by atoms with Gasteiger partial charge >= 0.3 is 0 Å². The standard InChI is InChI=1S/C21H23BrN2O2/c22-17-8-10-18(11-9-17)23-14-16-6-12-20(13-7-16)26-15-21(25)24-19-4-2-1-3-5-19/h6-14,19H,1-5,15H2,(H,24,25). The van der Waals surface area contributed by atoms with Crippen LogP contribution in [0.3, 0.4) is 0 Å². The summed E-state index contributed by atoms with van der Waals surface area (Å²) in [6.45, 7) is 0.0584. The van der Waals surface area contributed by atoms with E-state index in [0.717, 1.165) is 28.6 Å². The van der Waals surface area contributed by atoms with E-state index in [0.29, 0.717) is 11.8 Å². The van der Waals surface area contributed by atoms with Crippen LogP contribution in [-0.2, 0) is 4.79 Å². The van der Waals surface area contributed by atoms with Crippen LogP contribution >= 0.6 is 15.9 Å². The fraction of sp³-hybridized carbons (Fsp3) is 0.333. The maximum Gasteiger partial charge on any atom is 0.258 e. The fourth-order valence-corrected chi connectivity index (χ4v) is 3.26. The number of ether oxygens (including phenoxy) is 1. The Morgan fingerprint density at radius 3 is 2.46 bits per heavy atom. The van der Waals surface area contributed by atoms with Gasteiger partial charge in [-0.2, -0.15) is 0 Å². The Hall–Kier alpha value is -2.14. The molecule has 1 aliphatic carbocycles. The maximum absolute atomic E-state index is 12.0. The number of aliphatic imine (C=N–C) groups is 1. The molecule has 3 rings (SSSR count). The molecule has 0 aromatic heterocycles. The van der Waals surface area contributed by atoms with Crippen molar-refractivity contribution in [2.24, 2.45) is 4.99 Å². The number of rotatable bonds is 6. The predicted molar refractivity (Wildman–Crippen MR) is 108 cm³/mol. The van der Waals surface area contributed by atoms with E-state index in [1.165, 1.54) is 19.3 Å². The zero-order chi connectivity index (χ0) is 18.2. The van der Waals surface area contributed by atoms with Crippen LogP contribution in [-0.4, -0.2) is 24.8 Å². The highest BCUT2D eigenvalue weighted by molar-refractivity contribution is 9.10. The predicted octanol–water partition coefficient (Wildman–Crippen LogP) is 5.03. The van der Waals surface area contributed by atoms with Crippen LogP contribution < -0.4 is 10.1 Å². The summed E-state index contributed by atoms with van der Waals surface area (Å²) in [7, 11) is 0. The number of carbonyl (C=O) groups is 1. The molecule has 0 radical (unpaired) electrons. The summed E-state index contributed by atoms with van der Waals surface area (Å²) >= 11 is 3.41. The van der Waals surface area contributed by atoms with Crippen molar-refractivity contribution < 1.29 is 9.53 Å². The van der Waals surface area contributed by atoms with Gasteiger partial charge in [0.15, 0.2) is 6.61 Å². The lowest BCUT2D eigenvalue weighted by Crippen LogP contribution is -2.38. The summed E-state index contributed by atoms with van der Waals surface area (Å²) in [5.41, 5.74) is 1.87. The van der Waals surface area contributed by atoms with Gasteiger partial charge in [-0.3, -0.25) is 9.79 Å². The van der Waals surface area contributed by atoms with Crippen molar-refractivity contribution in [1.82, 2.24) is 5.32 Å². The van der Waals surface area contributed by atoms with Gasteiger partial charge in [0, 0.05) is 16.7 Å². The molecule has 1 amide bonds. The smallest absolute Gasteiger partial charge is 0.258 e. The quantitative estimate of drug-likeness (QED) is 0.673. The SMILES string of the molecule is O=C(COc1ccc(C=Nc2ccc(Br)cc2)cc1)NC1CCCCC1. The minimum absolute atomic E-state index is 0.0437. The first-order valence-corrected chi connectivity index (χ1v) is 9.80. The van der Waals surface area contributed by atoms with Crippen molar-refractivity contribution >= 4 is 33.7 Å². The van der Waals surface area contributed by atoms with Crippen LogP contribution in [0.25, 0.3) is 0 Å². The van der Waals surface area contributed by atoms with Crippen molar-refractivity contribution in [1.29, 1.82) is 0 Å². The lowest BCUT2D eigenvalue weighted by molar-refractivity contribution is -0.124. The van der Waals surface area contributed by atoms with Gasteiger partial charge in [0.2, 0.25) is 0 Å². The highest BCUT2D eigenvalue weighted by Crippen LogP contribution is 2.18. The van der Waals surface area contributed by atoms with Crippen LogP contribution in [0.5, 0.6) is 5.75 Å². The molecule has 0 aliphatic heterocycles. The third-order valence-corrected chi connectivity index (χ3v) is 4.94. The number of benzene rings is 2. The van der Waals surface area contributed by atoms with Crippen LogP contribution in [0.15, 0.2) is 58.0 Å².